The molecular formula is C9H10O3S2. The molecule has 0 radical (unpaired) electrons. The van der Waals surface area contributed by atoms with E-state index in [0.29, 0.717) is 0 Å². The number of aryl methyl sites for hydroxylation is 1. The van der Waals surface area contributed by atoms with Gasteiger partial charge < -0.3 is 4.18 Å². The van der Waals surface area contributed by atoms with Gasteiger partial charge in [0, 0.05) is 6.92 Å². The number of rotatable bonds is 2. The van der Waals surface area contributed by atoms with Gasteiger partial charge in [0.05, 0.1) is 0 Å². The van der Waals surface area contributed by atoms with Gasteiger partial charge in [0.1, 0.15) is 4.90 Å². The summed E-state index contributed by atoms with van der Waals surface area (Å²) >= 11 is 4.57. The molecule has 0 amide bonds. The summed E-state index contributed by atoms with van der Waals surface area (Å²) in [7, 11) is -3.72. The third-order valence-electron chi connectivity index (χ3n) is 1.54. The highest BCUT2D eigenvalue weighted by molar-refractivity contribution is 7.88. The quantitative estimate of drug-likeness (QED) is 0.576. The lowest BCUT2D eigenvalue weighted by Gasteiger charge is -2.04. The van der Waals surface area contributed by atoms with Crippen LogP contribution >= 0.6 is 12.2 Å². The predicted molar refractivity (Wildman–Crippen MR) is 57.7 cm³/mol. The average Bonchev–Trinajstić information content (AvgIpc) is 2.02. The zero-order valence-corrected chi connectivity index (χ0v) is 9.48. The van der Waals surface area contributed by atoms with E-state index in [4.69, 9.17) is 0 Å². The van der Waals surface area contributed by atoms with Gasteiger partial charge in [-0.05, 0) is 31.3 Å². The average molecular weight is 230 g/mol. The lowest BCUT2D eigenvalue weighted by molar-refractivity contribution is 0.486. The monoisotopic (exact) mass is 230 g/mol. The van der Waals surface area contributed by atoms with Crippen LogP contribution in [0.4, 0.5) is 0 Å². The van der Waals surface area contributed by atoms with Crippen molar-refractivity contribution in [3.05, 3.63) is 29.8 Å². The van der Waals surface area contributed by atoms with Crippen LogP contribution in [-0.2, 0) is 14.3 Å². The summed E-state index contributed by atoms with van der Waals surface area (Å²) < 4.78 is 27.5. The topological polar surface area (TPSA) is 43.4 Å². The minimum atomic E-state index is -3.72. The Balaban J connectivity index is 3.05. The lowest BCUT2D eigenvalue weighted by atomic mass is 10.2. The molecule has 1 aromatic carbocycles. The fourth-order valence-corrected chi connectivity index (χ4v) is 2.05. The molecule has 0 N–H and O–H groups in total. The van der Waals surface area contributed by atoms with E-state index in [1.807, 2.05) is 6.92 Å². The van der Waals surface area contributed by atoms with Crippen LogP contribution in [0.15, 0.2) is 29.2 Å². The molecule has 0 aliphatic heterocycles. The van der Waals surface area contributed by atoms with Crippen molar-refractivity contribution in [1.29, 1.82) is 0 Å². The van der Waals surface area contributed by atoms with E-state index in [1.165, 1.54) is 19.1 Å². The van der Waals surface area contributed by atoms with Crippen LogP contribution in [0.1, 0.15) is 12.5 Å². The Morgan fingerprint density at radius 2 is 1.79 bits per heavy atom. The Kier molecular flexibility index (Phi) is 3.23. The summed E-state index contributed by atoms with van der Waals surface area (Å²) in [6.45, 7) is 3.29. The van der Waals surface area contributed by atoms with Gasteiger partial charge in [-0.2, -0.15) is 8.42 Å². The summed E-state index contributed by atoms with van der Waals surface area (Å²) in [5, 5.41) is -0.00873. The van der Waals surface area contributed by atoms with Crippen LogP contribution in [0.2, 0.25) is 0 Å². The molecule has 0 fully saturated rings. The molecule has 0 aliphatic carbocycles. The molecule has 0 aromatic heterocycles. The maximum atomic E-state index is 11.4. The van der Waals surface area contributed by atoms with Crippen LogP contribution in [0.5, 0.6) is 0 Å². The van der Waals surface area contributed by atoms with Gasteiger partial charge >= 0.3 is 10.1 Å². The van der Waals surface area contributed by atoms with Crippen LogP contribution < -0.4 is 0 Å². The molecule has 0 saturated carbocycles. The van der Waals surface area contributed by atoms with Gasteiger partial charge in [-0.25, -0.2) is 0 Å². The first-order valence-corrected chi connectivity index (χ1v) is 5.75. The van der Waals surface area contributed by atoms with Gasteiger partial charge in [-0.15, -0.1) is 0 Å². The van der Waals surface area contributed by atoms with E-state index < -0.39 is 10.1 Å². The van der Waals surface area contributed by atoms with Crippen molar-refractivity contribution in [2.24, 2.45) is 0 Å². The summed E-state index contributed by atoms with van der Waals surface area (Å²) in [6, 6.07) is 6.38. The SMILES string of the molecule is CC(=S)OS(=O)(=O)c1ccc(C)cc1. The molecule has 1 rings (SSSR count). The highest BCUT2D eigenvalue weighted by Crippen LogP contribution is 2.13. The molecule has 0 unspecified atom stereocenters. The third-order valence-corrected chi connectivity index (χ3v) is 3.04. The molecule has 0 saturated heterocycles. The Morgan fingerprint density at radius 1 is 1.29 bits per heavy atom. The Morgan fingerprint density at radius 3 is 2.21 bits per heavy atom. The van der Waals surface area contributed by atoms with Gasteiger partial charge in [0.15, 0.2) is 5.05 Å². The Hall–Kier alpha value is -0.940. The molecule has 1 aromatic rings. The van der Waals surface area contributed by atoms with E-state index >= 15 is 0 Å². The first-order valence-electron chi connectivity index (χ1n) is 3.93. The smallest absolute Gasteiger partial charge is 0.339 e. The van der Waals surface area contributed by atoms with E-state index in [-0.39, 0.29) is 9.95 Å². The number of benzene rings is 1. The van der Waals surface area contributed by atoms with Crippen LogP contribution in [0, 0.1) is 6.92 Å². The van der Waals surface area contributed by atoms with Crippen molar-refractivity contribution in [3.63, 3.8) is 0 Å². The van der Waals surface area contributed by atoms with Crippen LogP contribution in [0.25, 0.3) is 0 Å². The van der Waals surface area contributed by atoms with E-state index in [9.17, 15) is 8.42 Å². The number of thiocarbonyl (C=S) groups is 1. The van der Waals surface area contributed by atoms with Gasteiger partial charge in [-0.3, -0.25) is 0 Å². The van der Waals surface area contributed by atoms with Crippen molar-refractivity contribution >= 4 is 27.4 Å². The maximum absolute atomic E-state index is 11.4. The normalized spacial score (nSPS) is 11.0. The summed E-state index contributed by atoms with van der Waals surface area (Å²) in [5.41, 5.74) is 0.989. The molecule has 0 heterocycles. The second kappa shape index (κ2) is 4.06. The van der Waals surface area contributed by atoms with Crippen LogP contribution in [-0.4, -0.2) is 13.5 Å². The zero-order chi connectivity index (χ0) is 10.8. The standard InChI is InChI=1S/C9H10O3S2/c1-7-3-5-9(6-4-7)14(10,11)12-8(2)13/h3-6H,1-2H3. The minimum absolute atomic E-state index is 0.00873. The summed E-state index contributed by atoms with van der Waals surface area (Å²) in [6.07, 6.45) is 0. The highest BCUT2D eigenvalue weighted by atomic mass is 32.2. The second-order valence-electron chi connectivity index (χ2n) is 2.84. The highest BCUT2D eigenvalue weighted by Gasteiger charge is 2.15. The van der Waals surface area contributed by atoms with E-state index in [0.717, 1.165) is 5.56 Å². The molecule has 0 aliphatic rings. The fraction of sp³-hybridized carbons (Fsp3) is 0.222. The Bertz CT molecular complexity index is 432. The molecule has 0 bridgehead atoms. The fourth-order valence-electron chi connectivity index (χ4n) is 0.908. The Labute approximate surface area is 88.8 Å². The van der Waals surface area contributed by atoms with E-state index in [1.54, 1.807) is 12.1 Å². The molecular weight excluding hydrogens is 220 g/mol. The lowest BCUT2D eigenvalue weighted by Crippen LogP contribution is -2.08. The predicted octanol–water partition coefficient (Wildman–Crippen LogP) is 2.05. The van der Waals surface area contributed by atoms with Crippen molar-refractivity contribution in [2.75, 3.05) is 0 Å². The molecule has 0 spiro atoms. The zero-order valence-electron chi connectivity index (χ0n) is 7.85. The first kappa shape index (κ1) is 11.1. The molecule has 14 heavy (non-hydrogen) atoms. The van der Waals surface area contributed by atoms with Crippen molar-refractivity contribution < 1.29 is 12.6 Å². The van der Waals surface area contributed by atoms with Crippen molar-refractivity contribution in [1.82, 2.24) is 0 Å². The van der Waals surface area contributed by atoms with Gasteiger partial charge in [-0.1, -0.05) is 17.7 Å². The van der Waals surface area contributed by atoms with Crippen LogP contribution in [0.3, 0.4) is 0 Å². The van der Waals surface area contributed by atoms with Crippen molar-refractivity contribution in [2.45, 2.75) is 18.7 Å². The number of hydrogen-bond acceptors (Lipinski definition) is 4. The maximum Gasteiger partial charge on any atom is 0.339 e. The largest absolute Gasteiger partial charge is 0.372 e. The van der Waals surface area contributed by atoms with Crippen molar-refractivity contribution in [3.8, 4) is 0 Å². The summed E-state index contributed by atoms with van der Waals surface area (Å²) in [4.78, 5) is 0.118. The third kappa shape index (κ3) is 2.78. The molecule has 0 atom stereocenters. The first-order chi connectivity index (χ1) is 6.42. The minimum Gasteiger partial charge on any atom is -0.372 e. The second-order valence-corrected chi connectivity index (χ2v) is 4.96. The van der Waals surface area contributed by atoms with E-state index in [2.05, 4.69) is 16.4 Å². The molecule has 5 heteroatoms. The molecule has 76 valence electrons. The summed E-state index contributed by atoms with van der Waals surface area (Å²) in [5.74, 6) is 0. The van der Waals surface area contributed by atoms with Gasteiger partial charge in [0.25, 0.3) is 0 Å². The molecule has 3 nitrogen and oxygen atoms in total. The van der Waals surface area contributed by atoms with Gasteiger partial charge in [0.2, 0.25) is 0 Å². The number of hydrogen-bond donors (Lipinski definition) is 0.